The zero-order chi connectivity index (χ0) is 10.4. The van der Waals surface area contributed by atoms with E-state index in [2.05, 4.69) is 5.16 Å². The Balaban J connectivity index is 2.59. The molecule has 0 aromatic heterocycles. The van der Waals surface area contributed by atoms with Crippen LogP contribution in [0.4, 0.5) is 0 Å². The molecule has 0 spiro atoms. The molecule has 0 aliphatic carbocycles. The van der Waals surface area contributed by atoms with Crippen LogP contribution in [0.15, 0.2) is 29.4 Å². The summed E-state index contributed by atoms with van der Waals surface area (Å²) in [7, 11) is 0. The zero-order valence-corrected chi connectivity index (χ0v) is 7.80. The predicted octanol–water partition coefficient (Wildman–Crippen LogP) is 1.56. The number of ether oxygens (including phenoxy) is 1. The minimum atomic E-state index is -0.300. The number of esters is 1. The average molecular weight is 193 g/mol. The van der Waals surface area contributed by atoms with Crippen LogP contribution in [0.1, 0.15) is 18.1 Å². The van der Waals surface area contributed by atoms with E-state index < -0.39 is 0 Å². The molecule has 0 bridgehead atoms. The molecule has 4 nitrogen and oxygen atoms in total. The molecule has 74 valence electrons. The molecule has 1 aromatic rings. The van der Waals surface area contributed by atoms with Gasteiger partial charge in [0.1, 0.15) is 6.61 Å². The van der Waals surface area contributed by atoms with Gasteiger partial charge in [0.15, 0.2) is 0 Å². The molecule has 1 rings (SSSR count). The topological polar surface area (TPSA) is 58.9 Å². The lowest BCUT2D eigenvalue weighted by molar-refractivity contribution is -0.142. The van der Waals surface area contributed by atoms with Gasteiger partial charge in [0.2, 0.25) is 0 Å². The molecule has 0 fully saturated rings. The van der Waals surface area contributed by atoms with Gasteiger partial charge in [0, 0.05) is 6.92 Å². The quantitative estimate of drug-likeness (QED) is 0.343. The first-order valence-corrected chi connectivity index (χ1v) is 4.12. The van der Waals surface area contributed by atoms with Gasteiger partial charge in [0.05, 0.1) is 6.21 Å². The fourth-order valence-electron chi connectivity index (χ4n) is 0.952. The molecule has 0 atom stereocenters. The minimum absolute atomic E-state index is 0.270. The summed E-state index contributed by atoms with van der Waals surface area (Å²) in [5.41, 5.74) is 1.69. The molecule has 0 saturated heterocycles. The number of oxime groups is 1. The van der Waals surface area contributed by atoms with Crippen LogP contribution < -0.4 is 0 Å². The molecule has 14 heavy (non-hydrogen) atoms. The second-order valence-electron chi connectivity index (χ2n) is 2.77. The lowest BCUT2D eigenvalue weighted by Crippen LogP contribution is -1.98. The summed E-state index contributed by atoms with van der Waals surface area (Å²) >= 11 is 0. The Hall–Kier alpha value is -1.84. The normalized spacial score (nSPS) is 10.4. The van der Waals surface area contributed by atoms with Crippen molar-refractivity contribution in [3.05, 3.63) is 35.4 Å². The third-order valence-electron chi connectivity index (χ3n) is 1.63. The number of rotatable bonds is 3. The molecule has 0 radical (unpaired) electrons. The SMILES string of the molecule is CC(=O)OCc1ccc(/C=N\O)cc1. The van der Waals surface area contributed by atoms with Crippen molar-refractivity contribution in [3.63, 3.8) is 0 Å². The first-order chi connectivity index (χ1) is 6.72. The summed E-state index contributed by atoms with van der Waals surface area (Å²) in [4.78, 5) is 10.5. The average Bonchev–Trinajstić information content (AvgIpc) is 2.17. The summed E-state index contributed by atoms with van der Waals surface area (Å²) < 4.78 is 4.81. The van der Waals surface area contributed by atoms with Crippen LogP contribution in [0, 0.1) is 0 Å². The van der Waals surface area contributed by atoms with Gasteiger partial charge in [-0.15, -0.1) is 0 Å². The third kappa shape index (κ3) is 3.26. The van der Waals surface area contributed by atoms with Crippen molar-refractivity contribution in [1.82, 2.24) is 0 Å². The van der Waals surface area contributed by atoms with Crippen molar-refractivity contribution >= 4 is 12.2 Å². The first kappa shape index (κ1) is 10.2. The van der Waals surface area contributed by atoms with Crippen molar-refractivity contribution in [2.75, 3.05) is 0 Å². The fraction of sp³-hybridized carbons (Fsp3) is 0.200. The first-order valence-electron chi connectivity index (χ1n) is 4.12. The molecule has 0 heterocycles. The Morgan fingerprint density at radius 2 is 2.14 bits per heavy atom. The highest BCUT2D eigenvalue weighted by Gasteiger charge is 1.95. The molecule has 4 heteroatoms. The Morgan fingerprint density at radius 3 is 2.64 bits per heavy atom. The lowest BCUT2D eigenvalue weighted by Gasteiger charge is -2.01. The largest absolute Gasteiger partial charge is 0.461 e. The fourth-order valence-corrected chi connectivity index (χ4v) is 0.952. The summed E-state index contributed by atoms with van der Waals surface area (Å²) in [5, 5.41) is 11.2. The van der Waals surface area contributed by atoms with Crippen molar-refractivity contribution in [2.24, 2.45) is 5.16 Å². The zero-order valence-electron chi connectivity index (χ0n) is 7.80. The maximum Gasteiger partial charge on any atom is 0.302 e. The van der Waals surface area contributed by atoms with Crippen LogP contribution in [0.3, 0.4) is 0 Å². The van der Waals surface area contributed by atoms with Gasteiger partial charge in [-0.1, -0.05) is 29.4 Å². The third-order valence-corrected chi connectivity index (χ3v) is 1.63. The van der Waals surface area contributed by atoms with Gasteiger partial charge in [-0.2, -0.15) is 0 Å². The molecule has 0 aliphatic heterocycles. The number of carbonyl (C=O) groups is 1. The number of nitrogens with zero attached hydrogens (tertiary/aromatic N) is 1. The molecule has 0 amide bonds. The van der Waals surface area contributed by atoms with E-state index in [0.717, 1.165) is 11.1 Å². The number of hydrogen-bond acceptors (Lipinski definition) is 4. The van der Waals surface area contributed by atoms with Crippen LogP contribution in [0.25, 0.3) is 0 Å². The monoisotopic (exact) mass is 193 g/mol. The van der Waals surface area contributed by atoms with E-state index in [4.69, 9.17) is 9.94 Å². The van der Waals surface area contributed by atoms with Crippen molar-refractivity contribution in [2.45, 2.75) is 13.5 Å². The smallest absolute Gasteiger partial charge is 0.302 e. The second kappa shape index (κ2) is 5.01. The predicted molar refractivity (Wildman–Crippen MR) is 51.3 cm³/mol. The minimum Gasteiger partial charge on any atom is -0.461 e. The highest BCUT2D eigenvalue weighted by atomic mass is 16.5. The Bertz CT molecular complexity index is 330. The lowest BCUT2D eigenvalue weighted by atomic mass is 10.1. The van der Waals surface area contributed by atoms with Gasteiger partial charge in [0.25, 0.3) is 0 Å². The van der Waals surface area contributed by atoms with Crippen LogP contribution in [0.2, 0.25) is 0 Å². The van der Waals surface area contributed by atoms with Crippen molar-refractivity contribution in [1.29, 1.82) is 0 Å². The molecule has 0 saturated carbocycles. The maximum atomic E-state index is 10.5. The van der Waals surface area contributed by atoms with Crippen LogP contribution in [0.5, 0.6) is 0 Å². The van der Waals surface area contributed by atoms with Crippen LogP contribution in [-0.4, -0.2) is 17.4 Å². The standard InChI is InChI=1S/C10H11NO3/c1-8(12)14-7-10-4-2-9(3-5-10)6-11-13/h2-6,13H,7H2,1H3/b11-6-. The van der Waals surface area contributed by atoms with E-state index in [1.807, 2.05) is 0 Å². The molecule has 1 aromatic carbocycles. The van der Waals surface area contributed by atoms with Crippen molar-refractivity contribution in [3.8, 4) is 0 Å². The Labute approximate surface area is 81.8 Å². The van der Waals surface area contributed by atoms with E-state index >= 15 is 0 Å². The van der Waals surface area contributed by atoms with Gasteiger partial charge in [-0.05, 0) is 11.1 Å². The number of hydrogen-bond donors (Lipinski definition) is 1. The molecule has 0 unspecified atom stereocenters. The van der Waals surface area contributed by atoms with Gasteiger partial charge < -0.3 is 9.94 Å². The van der Waals surface area contributed by atoms with Crippen LogP contribution >= 0.6 is 0 Å². The Morgan fingerprint density at radius 1 is 1.50 bits per heavy atom. The molecular weight excluding hydrogens is 182 g/mol. The molecule has 0 aliphatic rings. The number of benzene rings is 1. The van der Waals surface area contributed by atoms with Crippen molar-refractivity contribution < 1.29 is 14.7 Å². The molecular formula is C10H11NO3. The Kier molecular flexibility index (Phi) is 3.67. The maximum absolute atomic E-state index is 10.5. The van der Waals surface area contributed by atoms with E-state index in [1.54, 1.807) is 24.3 Å². The highest BCUT2D eigenvalue weighted by molar-refractivity contribution is 5.78. The number of carbonyl (C=O) groups excluding carboxylic acids is 1. The van der Waals surface area contributed by atoms with Gasteiger partial charge in [-0.25, -0.2) is 0 Å². The summed E-state index contributed by atoms with van der Waals surface area (Å²) in [5.74, 6) is -0.300. The highest BCUT2D eigenvalue weighted by Crippen LogP contribution is 2.04. The summed E-state index contributed by atoms with van der Waals surface area (Å²) in [6.45, 7) is 1.64. The summed E-state index contributed by atoms with van der Waals surface area (Å²) in [6, 6.07) is 7.16. The van der Waals surface area contributed by atoms with E-state index in [9.17, 15) is 4.79 Å². The van der Waals surface area contributed by atoms with E-state index in [-0.39, 0.29) is 12.6 Å². The van der Waals surface area contributed by atoms with E-state index in [0.29, 0.717) is 0 Å². The van der Waals surface area contributed by atoms with Gasteiger partial charge in [-0.3, -0.25) is 4.79 Å². The van der Waals surface area contributed by atoms with E-state index in [1.165, 1.54) is 13.1 Å². The second-order valence-corrected chi connectivity index (χ2v) is 2.77. The van der Waals surface area contributed by atoms with Crippen LogP contribution in [-0.2, 0) is 16.1 Å². The molecule has 1 N–H and O–H groups in total. The summed E-state index contributed by atoms with van der Waals surface area (Å²) in [6.07, 6.45) is 1.33. The van der Waals surface area contributed by atoms with Gasteiger partial charge >= 0.3 is 5.97 Å².